The lowest BCUT2D eigenvalue weighted by molar-refractivity contribution is 0.994. The van der Waals surface area contributed by atoms with Crippen LogP contribution in [0.2, 0.25) is 0 Å². The van der Waals surface area contributed by atoms with Crippen molar-refractivity contribution in [3.8, 4) is 12.1 Å². The van der Waals surface area contributed by atoms with Gasteiger partial charge in [-0.15, -0.1) is 5.10 Å². The van der Waals surface area contributed by atoms with Crippen LogP contribution in [0.1, 0.15) is 22.3 Å². The van der Waals surface area contributed by atoms with Crippen molar-refractivity contribution in [2.45, 2.75) is 0 Å². The second-order valence-electron chi connectivity index (χ2n) is 4.57. The van der Waals surface area contributed by atoms with E-state index in [2.05, 4.69) is 20.7 Å². The van der Waals surface area contributed by atoms with Crippen LogP contribution in [0.5, 0.6) is 0 Å². The monoisotopic (exact) mass is 315 g/mol. The molecule has 116 valence electrons. The summed E-state index contributed by atoms with van der Waals surface area (Å²) < 4.78 is 0. The molecule has 0 spiro atoms. The molecule has 0 saturated carbocycles. The van der Waals surface area contributed by atoms with Crippen LogP contribution >= 0.6 is 0 Å². The number of hydrogen-bond acceptors (Lipinski definition) is 5. The highest BCUT2D eigenvalue weighted by Crippen LogP contribution is 2.02. The number of rotatable bonds is 4. The summed E-state index contributed by atoms with van der Waals surface area (Å²) >= 11 is 0. The Morgan fingerprint density at radius 2 is 1.54 bits per heavy atom. The number of hydrazone groups is 1. The highest BCUT2D eigenvalue weighted by atomic mass is 15.4. The van der Waals surface area contributed by atoms with E-state index >= 15 is 0 Å². The molecule has 0 saturated heterocycles. The predicted molar refractivity (Wildman–Crippen MR) is 92.3 cm³/mol. The predicted octanol–water partition coefficient (Wildman–Crippen LogP) is 1.70. The quantitative estimate of drug-likeness (QED) is 0.506. The lowest BCUT2D eigenvalue weighted by Crippen LogP contribution is -2.26. The summed E-state index contributed by atoms with van der Waals surface area (Å²) in [7, 11) is 0. The number of nitrogens with zero attached hydrogens (tertiary/aromatic N) is 5. The normalized spacial score (nSPS) is 11.3. The van der Waals surface area contributed by atoms with E-state index in [1.807, 2.05) is 12.1 Å². The maximum absolute atomic E-state index is 8.82. The van der Waals surface area contributed by atoms with Gasteiger partial charge in [-0.2, -0.15) is 20.7 Å². The van der Waals surface area contributed by atoms with Crippen LogP contribution in [0.15, 0.2) is 63.8 Å². The Bertz CT molecular complexity index is 882. The van der Waals surface area contributed by atoms with E-state index in [0.29, 0.717) is 11.1 Å². The molecule has 0 atom stereocenters. The van der Waals surface area contributed by atoms with Crippen LogP contribution in [-0.2, 0) is 0 Å². The summed E-state index contributed by atoms with van der Waals surface area (Å²) in [5.41, 5.74) is 10.7. The largest absolute Gasteiger partial charge is 0.367 e. The van der Waals surface area contributed by atoms with Gasteiger partial charge in [-0.05, 0) is 35.4 Å². The molecular weight excluding hydrogens is 302 g/mol. The molecule has 7 heteroatoms. The molecule has 0 aliphatic carbocycles. The molecule has 3 N–H and O–H groups in total. The molecule has 0 bridgehead atoms. The highest BCUT2D eigenvalue weighted by molar-refractivity contribution is 5.84. The fourth-order valence-corrected chi connectivity index (χ4v) is 1.73. The van der Waals surface area contributed by atoms with Crippen molar-refractivity contribution in [3.63, 3.8) is 0 Å². The number of nitrogens with two attached hydrogens (primary N) is 1. The van der Waals surface area contributed by atoms with Crippen molar-refractivity contribution in [1.29, 1.82) is 10.5 Å². The Kier molecular flexibility index (Phi) is 5.79. The van der Waals surface area contributed by atoms with Crippen molar-refractivity contribution >= 4 is 18.4 Å². The average Bonchev–Trinajstić information content (AvgIpc) is 2.62. The molecule has 0 aliphatic heterocycles. The van der Waals surface area contributed by atoms with Gasteiger partial charge in [0.1, 0.15) is 0 Å². The van der Waals surface area contributed by atoms with Gasteiger partial charge in [0.05, 0.1) is 35.7 Å². The molecule has 7 nitrogen and oxygen atoms in total. The number of nitrogens with one attached hydrogen (secondary N) is 1. The molecule has 0 aliphatic rings. The summed E-state index contributed by atoms with van der Waals surface area (Å²) in [6, 6.07) is 18.0. The van der Waals surface area contributed by atoms with Crippen molar-refractivity contribution in [1.82, 2.24) is 5.43 Å². The summed E-state index contributed by atoms with van der Waals surface area (Å²) in [6.45, 7) is 0. The van der Waals surface area contributed by atoms with Crippen molar-refractivity contribution in [2.24, 2.45) is 21.0 Å². The Labute approximate surface area is 139 Å². The molecule has 0 aromatic heterocycles. The van der Waals surface area contributed by atoms with Crippen LogP contribution in [0.4, 0.5) is 0 Å². The molecule has 2 aromatic rings. The summed E-state index contributed by atoms with van der Waals surface area (Å²) in [5, 5.41) is 29.1. The maximum Gasteiger partial charge on any atom is 0.234 e. The minimum Gasteiger partial charge on any atom is -0.367 e. The SMILES string of the molecule is N#Cc1cccc(/C=N/N=C(N)N/N=C/c2cccc(C#N)c2)c1. The number of hydrogen-bond donors (Lipinski definition) is 2. The smallest absolute Gasteiger partial charge is 0.234 e. The van der Waals surface area contributed by atoms with Gasteiger partial charge in [-0.25, -0.2) is 5.43 Å². The molecule has 0 amide bonds. The second kappa shape index (κ2) is 8.47. The zero-order chi connectivity index (χ0) is 17.2. The van der Waals surface area contributed by atoms with Gasteiger partial charge in [-0.3, -0.25) is 0 Å². The Hall–Kier alpha value is -3.97. The maximum atomic E-state index is 8.82. The molecule has 0 unspecified atom stereocenters. The molecule has 24 heavy (non-hydrogen) atoms. The Morgan fingerprint density at radius 3 is 2.12 bits per heavy atom. The molecule has 0 fully saturated rings. The van der Waals surface area contributed by atoms with Crippen molar-refractivity contribution < 1.29 is 0 Å². The molecule has 0 heterocycles. The first-order chi connectivity index (χ1) is 11.7. The van der Waals surface area contributed by atoms with E-state index in [1.165, 1.54) is 12.4 Å². The number of nitriles is 2. The first-order valence-electron chi connectivity index (χ1n) is 6.87. The fraction of sp³-hybridized carbons (Fsp3) is 0. The van der Waals surface area contributed by atoms with Crippen LogP contribution in [0.3, 0.4) is 0 Å². The van der Waals surface area contributed by atoms with E-state index in [1.54, 1.807) is 48.5 Å². The van der Waals surface area contributed by atoms with Crippen molar-refractivity contribution in [3.05, 3.63) is 70.8 Å². The van der Waals surface area contributed by atoms with Gasteiger partial charge in [-0.1, -0.05) is 24.3 Å². The van der Waals surface area contributed by atoms with Gasteiger partial charge in [0, 0.05) is 0 Å². The van der Waals surface area contributed by atoms with Gasteiger partial charge in [0.15, 0.2) is 0 Å². The van der Waals surface area contributed by atoms with Gasteiger partial charge >= 0.3 is 0 Å². The zero-order valence-electron chi connectivity index (χ0n) is 12.6. The van der Waals surface area contributed by atoms with Crippen LogP contribution in [0, 0.1) is 22.7 Å². The average molecular weight is 315 g/mol. The summed E-state index contributed by atoms with van der Waals surface area (Å²) in [5.74, 6) is 0.00961. The molecule has 2 aromatic carbocycles. The van der Waals surface area contributed by atoms with E-state index < -0.39 is 0 Å². The third kappa shape index (κ3) is 5.10. The third-order valence-corrected chi connectivity index (χ3v) is 2.80. The minimum atomic E-state index is 0.00961. The van der Waals surface area contributed by atoms with E-state index in [-0.39, 0.29) is 5.96 Å². The standard InChI is InChI=1S/C17H13N7/c18-9-13-3-1-5-15(7-13)11-21-23-17(20)24-22-12-16-6-2-4-14(8-16)10-19/h1-8,11-12H,(H3,20,23,24)/b21-11+,22-12+. The number of guanidine groups is 1. The fourth-order valence-electron chi connectivity index (χ4n) is 1.73. The molecular formula is C17H13N7. The highest BCUT2D eigenvalue weighted by Gasteiger charge is 1.93. The van der Waals surface area contributed by atoms with Crippen LogP contribution in [-0.4, -0.2) is 18.4 Å². The Balaban J connectivity index is 1.94. The van der Waals surface area contributed by atoms with E-state index in [9.17, 15) is 0 Å². The Morgan fingerprint density at radius 1 is 0.958 bits per heavy atom. The first-order valence-corrected chi connectivity index (χ1v) is 6.87. The number of benzene rings is 2. The topological polar surface area (TPSA) is 123 Å². The van der Waals surface area contributed by atoms with E-state index in [0.717, 1.165) is 11.1 Å². The minimum absolute atomic E-state index is 0.00961. The van der Waals surface area contributed by atoms with Crippen molar-refractivity contribution in [2.75, 3.05) is 0 Å². The first kappa shape index (κ1) is 16.4. The molecule has 2 rings (SSSR count). The van der Waals surface area contributed by atoms with Crippen LogP contribution < -0.4 is 11.2 Å². The van der Waals surface area contributed by atoms with Gasteiger partial charge < -0.3 is 5.73 Å². The molecule has 0 radical (unpaired) electrons. The third-order valence-electron chi connectivity index (χ3n) is 2.80. The summed E-state index contributed by atoms with van der Waals surface area (Å²) in [6.07, 6.45) is 3.00. The van der Waals surface area contributed by atoms with E-state index in [4.69, 9.17) is 16.3 Å². The van der Waals surface area contributed by atoms with Gasteiger partial charge in [0.2, 0.25) is 5.96 Å². The second-order valence-corrected chi connectivity index (χ2v) is 4.57. The van der Waals surface area contributed by atoms with Gasteiger partial charge in [0.25, 0.3) is 0 Å². The lowest BCUT2D eigenvalue weighted by Gasteiger charge is -1.97. The zero-order valence-corrected chi connectivity index (χ0v) is 12.6. The lowest BCUT2D eigenvalue weighted by atomic mass is 10.1. The summed E-state index contributed by atoms with van der Waals surface area (Å²) in [4.78, 5) is 0. The van der Waals surface area contributed by atoms with Crippen LogP contribution in [0.25, 0.3) is 0 Å².